The molecule has 2 aliphatic rings. The summed E-state index contributed by atoms with van der Waals surface area (Å²) in [5.41, 5.74) is 3.62. The minimum Gasteiger partial charge on any atom is -0.333 e. The van der Waals surface area contributed by atoms with Gasteiger partial charge in [0.1, 0.15) is 5.01 Å². The van der Waals surface area contributed by atoms with E-state index in [1.165, 1.54) is 0 Å². The number of piperidine rings is 1. The number of thiazole rings is 1. The van der Waals surface area contributed by atoms with Gasteiger partial charge in [0.25, 0.3) is 0 Å². The predicted molar refractivity (Wildman–Crippen MR) is 135 cm³/mol. The quantitative estimate of drug-likeness (QED) is 0.509. The van der Waals surface area contributed by atoms with E-state index in [-0.39, 0.29) is 17.9 Å². The van der Waals surface area contributed by atoms with Gasteiger partial charge >= 0.3 is 0 Å². The number of nitrogens with zero attached hydrogens (tertiary/aromatic N) is 3. The maximum Gasteiger partial charge on any atom is 0.243 e. The van der Waals surface area contributed by atoms with Crippen LogP contribution >= 0.6 is 11.3 Å². The van der Waals surface area contributed by atoms with Crippen LogP contribution < -0.4 is 0 Å². The van der Waals surface area contributed by atoms with E-state index >= 15 is 0 Å². The molecule has 2 saturated heterocycles. The van der Waals surface area contributed by atoms with Crippen molar-refractivity contribution in [1.82, 2.24) is 14.2 Å². The first-order valence-electron chi connectivity index (χ1n) is 12.0. The highest BCUT2D eigenvalue weighted by molar-refractivity contribution is 7.89. The number of benzene rings is 2. The van der Waals surface area contributed by atoms with Gasteiger partial charge in [-0.25, -0.2) is 13.4 Å². The molecule has 2 aromatic carbocycles. The number of para-hydroxylation sites is 1. The van der Waals surface area contributed by atoms with Crippen molar-refractivity contribution in [2.45, 2.75) is 57.4 Å². The second kappa shape index (κ2) is 9.06. The molecule has 3 heterocycles. The maximum atomic E-state index is 13.5. The number of fused-ring (bicyclic) bond motifs is 1. The van der Waals surface area contributed by atoms with Crippen LogP contribution in [0.5, 0.6) is 0 Å². The predicted octanol–water partition coefficient (Wildman–Crippen LogP) is 4.99. The van der Waals surface area contributed by atoms with Crippen molar-refractivity contribution in [3.05, 3.63) is 58.1 Å². The molecule has 3 aromatic rings. The lowest BCUT2D eigenvalue weighted by Crippen LogP contribution is -2.44. The number of sulfonamides is 1. The molecule has 34 heavy (non-hydrogen) atoms. The van der Waals surface area contributed by atoms with Gasteiger partial charge in [0, 0.05) is 25.6 Å². The molecule has 1 atom stereocenters. The molecule has 1 aromatic heterocycles. The van der Waals surface area contributed by atoms with E-state index in [0.29, 0.717) is 30.8 Å². The summed E-state index contributed by atoms with van der Waals surface area (Å²) in [5, 5.41) is 1.01. The number of aryl methyl sites for hydroxylation is 3. The Morgan fingerprint density at radius 2 is 1.68 bits per heavy atom. The van der Waals surface area contributed by atoms with Crippen LogP contribution in [-0.4, -0.2) is 48.1 Å². The molecule has 0 radical (unpaired) electrons. The molecule has 0 spiro atoms. The normalized spacial score (nSPS) is 20.3. The Balaban J connectivity index is 1.29. The van der Waals surface area contributed by atoms with E-state index in [1.54, 1.807) is 15.6 Å². The third kappa shape index (κ3) is 4.16. The monoisotopic (exact) mass is 497 g/mol. The van der Waals surface area contributed by atoms with Crippen molar-refractivity contribution in [1.29, 1.82) is 0 Å². The topological polar surface area (TPSA) is 70.6 Å². The van der Waals surface area contributed by atoms with Crippen LogP contribution in [0.2, 0.25) is 0 Å². The Bertz CT molecular complexity index is 1280. The second-order valence-corrected chi connectivity index (χ2v) is 12.6. The van der Waals surface area contributed by atoms with Crippen molar-refractivity contribution in [3.8, 4) is 0 Å². The molecule has 0 bridgehead atoms. The van der Waals surface area contributed by atoms with Gasteiger partial charge in [-0.2, -0.15) is 4.31 Å². The van der Waals surface area contributed by atoms with Crippen molar-refractivity contribution in [2.75, 3.05) is 19.6 Å². The van der Waals surface area contributed by atoms with Crippen molar-refractivity contribution >= 4 is 37.5 Å². The third-order valence-electron chi connectivity index (χ3n) is 7.14. The highest BCUT2D eigenvalue weighted by Gasteiger charge is 2.39. The Labute approximate surface area is 205 Å². The molecule has 0 N–H and O–H groups in total. The van der Waals surface area contributed by atoms with E-state index in [0.717, 1.165) is 51.3 Å². The van der Waals surface area contributed by atoms with Crippen LogP contribution in [0.25, 0.3) is 10.2 Å². The van der Waals surface area contributed by atoms with E-state index in [2.05, 4.69) is 6.07 Å². The lowest BCUT2D eigenvalue weighted by atomic mass is 9.96. The van der Waals surface area contributed by atoms with Crippen molar-refractivity contribution < 1.29 is 13.2 Å². The second-order valence-electron chi connectivity index (χ2n) is 9.62. The number of carbonyl (C=O) groups excluding carboxylic acids is 1. The summed E-state index contributed by atoms with van der Waals surface area (Å²) in [4.78, 5) is 20.7. The van der Waals surface area contributed by atoms with E-state index in [1.807, 2.05) is 56.0 Å². The average Bonchev–Trinajstić information content (AvgIpc) is 3.44. The molecule has 0 aliphatic carbocycles. The minimum atomic E-state index is -3.58. The number of aromatic nitrogens is 1. The van der Waals surface area contributed by atoms with Crippen LogP contribution in [0.4, 0.5) is 0 Å². The lowest BCUT2D eigenvalue weighted by Gasteiger charge is -2.34. The van der Waals surface area contributed by atoms with Crippen LogP contribution in [0.1, 0.15) is 53.4 Å². The Morgan fingerprint density at radius 1 is 1.00 bits per heavy atom. The molecule has 6 nitrogen and oxygen atoms in total. The number of hydrogen-bond acceptors (Lipinski definition) is 5. The molecular formula is C26H31N3O3S2. The molecule has 5 rings (SSSR count). The molecule has 2 aliphatic heterocycles. The summed E-state index contributed by atoms with van der Waals surface area (Å²) >= 11 is 1.67. The summed E-state index contributed by atoms with van der Waals surface area (Å²) in [6.45, 7) is 7.21. The van der Waals surface area contributed by atoms with E-state index < -0.39 is 10.0 Å². The summed E-state index contributed by atoms with van der Waals surface area (Å²) in [5.74, 6) is 0.0168. The largest absolute Gasteiger partial charge is 0.333 e. The van der Waals surface area contributed by atoms with Crippen LogP contribution in [0.15, 0.2) is 41.3 Å². The summed E-state index contributed by atoms with van der Waals surface area (Å²) in [7, 11) is -3.58. The molecular weight excluding hydrogens is 466 g/mol. The van der Waals surface area contributed by atoms with Gasteiger partial charge in [-0.1, -0.05) is 29.8 Å². The number of carbonyl (C=O) groups is 1. The van der Waals surface area contributed by atoms with Gasteiger partial charge in [-0.15, -0.1) is 11.3 Å². The first kappa shape index (κ1) is 23.5. The number of amides is 1. The van der Waals surface area contributed by atoms with Gasteiger partial charge in [0.2, 0.25) is 15.9 Å². The number of likely N-dealkylation sites (tertiary alicyclic amines) is 1. The highest BCUT2D eigenvalue weighted by atomic mass is 32.2. The van der Waals surface area contributed by atoms with Gasteiger partial charge in [-0.3, -0.25) is 4.79 Å². The van der Waals surface area contributed by atoms with Crippen molar-refractivity contribution in [3.63, 3.8) is 0 Å². The summed E-state index contributed by atoms with van der Waals surface area (Å²) in [6, 6.07) is 12.0. The zero-order valence-electron chi connectivity index (χ0n) is 20.0. The lowest BCUT2D eigenvalue weighted by molar-refractivity contribution is -0.137. The molecule has 1 amide bonds. The first-order chi connectivity index (χ1) is 16.3. The van der Waals surface area contributed by atoms with E-state index in [9.17, 15) is 13.2 Å². The highest BCUT2D eigenvalue weighted by Crippen LogP contribution is 2.38. The molecule has 1 unspecified atom stereocenters. The first-order valence-corrected chi connectivity index (χ1v) is 14.3. The Hall–Kier alpha value is -2.29. The fourth-order valence-electron chi connectivity index (χ4n) is 5.60. The van der Waals surface area contributed by atoms with Crippen LogP contribution in [0.3, 0.4) is 0 Å². The third-order valence-corrected chi connectivity index (χ3v) is 10.5. The van der Waals surface area contributed by atoms with Crippen molar-refractivity contribution in [2.24, 2.45) is 5.92 Å². The smallest absolute Gasteiger partial charge is 0.243 e. The van der Waals surface area contributed by atoms with Crippen LogP contribution in [-0.2, 0) is 14.8 Å². The van der Waals surface area contributed by atoms with E-state index in [4.69, 9.17) is 4.98 Å². The molecule has 8 heteroatoms. The maximum absolute atomic E-state index is 13.5. The fourth-order valence-corrected chi connectivity index (χ4v) is 8.60. The van der Waals surface area contributed by atoms with Crippen LogP contribution in [0, 0.1) is 26.7 Å². The zero-order valence-corrected chi connectivity index (χ0v) is 21.6. The van der Waals surface area contributed by atoms with Gasteiger partial charge in [0.05, 0.1) is 21.2 Å². The standard InChI is InChI=1S/C26H31N3O3S2/c1-17-15-18(2)24(19(3)16-17)34(31,32)28-13-10-20(11-14-28)26(30)29-12-6-8-22(29)25-27-21-7-4-5-9-23(21)33-25/h4-5,7,9,15-16,20,22H,6,8,10-14H2,1-3H3. The molecule has 0 saturated carbocycles. The minimum absolute atomic E-state index is 0.0320. The zero-order chi connectivity index (χ0) is 24.0. The SMILES string of the molecule is Cc1cc(C)c(S(=O)(=O)N2CCC(C(=O)N3CCCC3c3nc4ccccc4s3)CC2)c(C)c1. The molecule has 180 valence electrons. The fraction of sp³-hybridized carbons (Fsp3) is 0.462. The van der Waals surface area contributed by atoms with Gasteiger partial charge < -0.3 is 4.90 Å². The summed E-state index contributed by atoms with van der Waals surface area (Å²) < 4.78 is 29.6. The van der Waals surface area contributed by atoms with Gasteiger partial charge in [0.15, 0.2) is 0 Å². The summed E-state index contributed by atoms with van der Waals surface area (Å²) in [6.07, 6.45) is 3.03. The van der Waals surface area contributed by atoms with Gasteiger partial charge in [-0.05, 0) is 69.7 Å². The Morgan fingerprint density at radius 3 is 2.35 bits per heavy atom. The Kier molecular flexibility index (Phi) is 6.25. The number of rotatable bonds is 4. The number of hydrogen-bond donors (Lipinski definition) is 0. The molecule has 2 fully saturated rings. The average molecular weight is 498 g/mol.